The number of nitrogens with one attached hydrogen (secondary N) is 1. The highest BCUT2D eigenvalue weighted by Crippen LogP contribution is 2.29. The Labute approximate surface area is 273 Å². The zero-order valence-corrected chi connectivity index (χ0v) is 26.7. The zero-order valence-electron chi connectivity index (χ0n) is 26.0. The number of amides is 2. The van der Waals surface area contributed by atoms with Crippen LogP contribution in [0.5, 0.6) is 5.75 Å². The van der Waals surface area contributed by atoms with E-state index in [2.05, 4.69) is 34.5 Å². The lowest BCUT2D eigenvalue weighted by atomic mass is 9.97. The number of anilines is 1. The molecule has 2 aliphatic heterocycles. The fourth-order valence-corrected chi connectivity index (χ4v) is 6.44. The fraction of sp³-hybridized carbons (Fsp3) is 0.324. The number of hydrogen-bond donors (Lipinski definition) is 1. The average molecular weight is 640 g/mol. The highest BCUT2D eigenvalue weighted by molar-refractivity contribution is 6.30. The molecule has 2 saturated heterocycles. The molecule has 9 heteroatoms. The number of rotatable bonds is 9. The van der Waals surface area contributed by atoms with Crippen LogP contribution in [0.4, 0.5) is 5.69 Å². The van der Waals surface area contributed by atoms with Gasteiger partial charge in [-0.15, -0.1) is 0 Å². The molecule has 238 valence electrons. The van der Waals surface area contributed by atoms with Crippen LogP contribution in [0.15, 0.2) is 93.7 Å². The van der Waals surface area contributed by atoms with E-state index in [9.17, 15) is 14.4 Å². The summed E-state index contributed by atoms with van der Waals surface area (Å²) >= 11 is 6.13. The summed E-state index contributed by atoms with van der Waals surface area (Å²) in [6.07, 6.45) is 7.04. The molecule has 2 aliphatic rings. The molecule has 2 fully saturated rings. The van der Waals surface area contributed by atoms with Crippen LogP contribution in [0, 0.1) is 0 Å². The number of piperidine rings is 2. The minimum atomic E-state index is -0.462. The molecule has 3 aromatic carbocycles. The summed E-state index contributed by atoms with van der Waals surface area (Å²) in [5.74, 6) is 0.258. The van der Waals surface area contributed by atoms with Crippen LogP contribution in [0.1, 0.15) is 53.8 Å². The van der Waals surface area contributed by atoms with Crippen LogP contribution in [0.25, 0.3) is 11.0 Å². The number of benzene rings is 3. The van der Waals surface area contributed by atoms with Crippen molar-refractivity contribution in [2.24, 2.45) is 0 Å². The molecule has 4 aromatic rings. The molecule has 0 unspecified atom stereocenters. The lowest BCUT2D eigenvalue weighted by Crippen LogP contribution is -2.37. The molecule has 0 bridgehead atoms. The van der Waals surface area contributed by atoms with Crippen molar-refractivity contribution < 1.29 is 18.7 Å². The highest BCUT2D eigenvalue weighted by Gasteiger charge is 2.23. The Morgan fingerprint density at radius 1 is 0.978 bits per heavy atom. The smallest absolute Gasteiger partial charge is 0.287 e. The van der Waals surface area contributed by atoms with Gasteiger partial charge in [-0.3, -0.25) is 14.4 Å². The van der Waals surface area contributed by atoms with E-state index in [1.165, 1.54) is 30.0 Å². The van der Waals surface area contributed by atoms with Gasteiger partial charge in [0.2, 0.25) is 5.91 Å². The van der Waals surface area contributed by atoms with Crippen LogP contribution in [0.3, 0.4) is 0 Å². The van der Waals surface area contributed by atoms with Gasteiger partial charge in [-0.05, 0) is 73.6 Å². The van der Waals surface area contributed by atoms with Crippen LogP contribution in [-0.4, -0.2) is 49.5 Å². The van der Waals surface area contributed by atoms with Crippen LogP contribution < -0.4 is 20.4 Å². The maximum Gasteiger partial charge on any atom is 0.287 e. The first-order valence-electron chi connectivity index (χ1n) is 15.8. The minimum absolute atomic E-state index is 0.0520. The highest BCUT2D eigenvalue weighted by atomic mass is 35.5. The third-order valence-electron chi connectivity index (χ3n) is 8.80. The zero-order chi connectivity index (χ0) is 32.0. The van der Waals surface area contributed by atoms with E-state index >= 15 is 0 Å². The Hall–Kier alpha value is -4.56. The molecular formula is C37H38ClN3O5. The first kappa shape index (κ1) is 31.4. The lowest BCUT2D eigenvalue weighted by Gasteiger charge is -2.34. The van der Waals surface area contributed by atoms with E-state index in [1.54, 1.807) is 18.2 Å². The predicted octanol–water partition coefficient (Wildman–Crippen LogP) is 6.54. The van der Waals surface area contributed by atoms with Crippen molar-refractivity contribution >= 4 is 40.1 Å². The number of para-hydroxylation sites is 1. The number of fused-ring (bicyclic) bond motifs is 1. The van der Waals surface area contributed by atoms with Gasteiger partial charge in [-0.1, -0.05) is 53.6 Å². The maximum absolute atomic E-state index is 13.5. The van der Waals surface area contributed by atoms with Gasteiger partial charge in [-0.2, -0.15) is 0 Å². The molecule has 0 spiro atoms. The molecule has 0 saturated carbocycles. The molecule has 46 heavy (non-hydrogen) atoms. The first-order chi connectivity index (χ1) is 22.4. The molecule has 6 rings (SSSR count). The van der Waals surface area contributed by atoms with Gasteiger partial charge >= 0.3 is 0 Å². The standard InChI is InChI=1S/C37H38ClN3O5/c1-45-30-13-14-31-33(42)23-35(46-34(31)22-30)37(44)39-29(20-25-9-11-28(38)12-10-25)21-26-15-18-40(19-16-26)32-7-3-2-6-27(32)24-41-17-5-4-8-36(41)43/h2-3,6-7,9-14,21-23,29H,4-5,8,15-20,24H2,1H3,(H,39,44)/t29-/m0/s1. The number of hydrogen-bond acceptors (Lipinski definition) is 6. The van der Waals surface area contributed by atoms with E-state index in [4.69, 9.17) is 20.8 Å². The monoisotopic (exact) mass is 639 g/mol. The van der Waals surface area contributed by atoms with Crippen molar-refractivity contribution in [3.05, 3.63) is 117 Å². The van der Waals surface area contributed by atoms with E-state index in [-0.39, 0.29) is 23.1 Å². The molecule has 1 atom stereocenters. The first-order valence-corrected chi connectivity index (χ1v) is 16.2. The minimum Gasteiger partial charge on any atom is -0.497 e. The van der Waals surface area contributed by atoms with Gasteiger partial charge in [0, 0.05) is 55.4 Å². The van der Waals surface area contributed by atoms with Gasteiger partial charge in [-0.25, -0.2) is 0 Å². The van der Waals surface area contributed by atoms with Crippen molar-refractivity contribution in [2.45, 2.75) is 51.1 Å². The Morgan fingerprint density at radius 3 is 2.52 bits per heavy atom. The summed E-state index contributed by atoms with van der Waals surface area (Å²) in [7, 11) is 1.53. The number of methoxy groups -OCH3 is 1. The Balaban J connectivity index is 1.19. The Kier molecular flexibility index (Phi) is 9.73. The van der Waals surface area contributed by atoms with E-state index in [0.29, 0.717) is 41.1 Å². The summed E-state index contributed by atoms with van der Waals surface area (Å²) in [4.78, 5) is 43.2. The average Bonchev–Trinajstić information content (AvgIpc) is 3.07. The number of halogens is 1. The van der Waals surface area contributed by atoms with Crippen LogP contribution >= 0.6 is 11.6 Å². The van der Waals surface area contributed by atoms with Crippen molar-refractivity contribution in [2.75, 3.05) is 31.6 Å². The molecule has 0 aliphatic carbocycles. The number of carbonyl (C=O) groups is 2. The third kappa shape index (κ3) is 7.45. The van der Waals surface area contributed by atoms with Gasteiger partial charge < -0.3 is 24.3 Å². The number of ether oxygens (including phenoxy) is 1. The Bertz CT molecular complexity index is 1810. The van der Waals surface area contributed by atoms with Crippen molar-refractivity contribution in [3.8, 4) is 5.75 Å². The molecule has 2 amide bonds. The number of nitrogens with zero attached hydrogens (tertiary/aromatic N) is 2. The molecule has 0 radical (unpaired) electrons. The molecule has 1 aromatic heterocycles. The summed E-state index contributed by atoms with van der Waals surface area (Å²) in [5.41, 5.74) is 4.63. The second-order valence-electron chi connectivity index (χ2n) is 12.0. The summed E-state index contributed by atoms with van der Waals surface area (Å²) in [5, 5.41) is 4.13. The summed E-state index contributed by atoms with van der Waals surface area (Å²) in [6.45, 7) is 3.12. The number of carbonyl (C=O) groups excluding carboxylic acids is 2. The second kappa shape index (κ2) is 14.3. The molecular weight excluding hydrogens is 602 g/mol. The normalized spacial score (nSPS) is 16.0. The fourth-order valence-electron chi connectivity index (χ4n) is 6.31. The topological polar surface area (TPSA) is 92.1 Å². The van der Waals surface area contributed by atoms with Crippen molar-refractivity contribution in [1.82, 2.24) is 10.2 Å². The van der Waals surface area contributed by atoms with Gasteiger partial charge in [0.15, 0.2) is 11.2 Å². The van der Waals surface area contributed by atoms with Crippen LogP contribution in [0.2, 0.25) is 5.02 Å². The van der Waals surface area contributed by atoms with Gasteiger partial charge in [0.05, 0.1) is 18.5 Å². The third-order valence-corrected chi connectivity index (χ3v) is 9.05. The van der Waals surface area contributed by atoms with E-state index < -0.39 is 5.91 Å². The molecule has 8 nitrogen and oxygen atoms in total. The Morgan fingerprint density at radius 2 is 1.76 bits per heavy atom. The number of likely N-dealkylation sites (tertiary alicyclic amines) is 1. The van der Waals surface area contributed by atoms with E-state index in [1.807, 2.05) is 35.2 Å². The lowest BCUT2D eigenvalue weighted by molar-refractivity contribution is -0.133. The predicted molar refractivity (Wildman–Crippen MR) is 181 cm³/mol. The quantitative estimate of drug-likeness (QED) is 0.209. The summed E-state index contributed by atoms with van der Waals surface area (Å²) < 4.78 is 11.1. The van der Waals surface area contributed by atoms with E-state index in [0.717, 1.165) is 50.9 Å². The maximum atomic E-state index is 13.5. The second-order valence-corrected chi connectivity index (χ2v) is 12.4. The van der Waals surface area contributed by atoms with Gasteiger partial charge in [0.1, 0.15) is 11.3 Å². The summed E-state index contributed by atoms with van der Waals surface area (Å²) in [6, 6.07) is 21.8. The SMILES string of the molecule is COc1ccc2c(=O)cc(C(=O)N[C@H](C=C3CCN(c4ccccc4CN4CCCCC4=O)CC3)Cc3ccc(Cl)cc3)oc2c1. The molecule has 1 N–H and O–H groups in total. The van der Waals surface area contributed by atoms with Gasteiger partial charge in [0.25, 0.3) is 5.91 Å². The largest absolute Gasteiger partial charge is 0.497 e. The van der Waals surface area contributed by atoms with Crippen molar-refractivity contribution in [1.29, 1.82) is 0 Å². The van der Waals surface area contributed by atoms with Crippen molar-refractivity contribution in [3.63, 3.8) is 0 Å². The molecule has 3 heterocycles. The van der Waals surface area contributed by atoms with Crippen LogP contribution in [-0.2, 0) is 17.8 Å².